The van der Waals surface area contributed by atoms with Crippen molar-refractivity contribution in [1.29, 1.82) is 5.26 Å². The van der Waals surface area contributed by atoms with Crippen LogP contribution in [-0.2, 0) is 9.53 Å². The molecule has 4 nitrogen and oxygen atoms in total. The predicted molar refractivity (Wildman–Crippen MR) is 93.0 cm³/mol. The summed E-state index contributed by atoms with van der Waals surface area (Å²) in [5, 5.41) is 19.8. The van der Waals surface area contributed by atoms with E-state index in [0.717, 1.165) is 5.57 Å². The molecule has 0 aromatic carbocycles. The van der Waals surface area contributed by atoms with Crippen LogP contribution in [0.4, 0.5) is 0 Å². The van der Waals surface area contributed by atoms with Crippen LogP contribution in [0, 0.1) is 16.7 Å². The van der Waals surface area contributed by atoms with Gasteiger partial charge in [0, 0.05) is 18.3 Å². The Balaban J connectivity index is 2.28. The molecule has 2 aliphatic rings. The van der Waals surface area contributed by atoms with Gasteiger partial charge in [-0.25, -0.2) is 0 Å². The fourth-order valence-electron chi connectivity index (χ4n) is 3.74. The Morgan fingerprint density at radius 1 is 1.58 bits per heavy atom. The molecule has 0 bridgehead atoms. The molecule has 1 aliphatic carbocycles. The number of hydrogen-bond donors (Lipinski definition) is 1. The van der Waals surface area contributed by atoms with Gasteiger partial charge in [-0.1, -0.05) is 44.7 Å². The van der Waals surface area contributed by atoms with Crippen LogP contribution in [0.3, 0.4) is 0 Å². The van der Waals surface area contributed by atoms with Crippen molar-refractivity contribution in [3.05, 3.63) is 48.1 Å². The van der Waals surface area contributed by atoms with Crippen LogP contribution in [0.2, 0.25) is 0 Å². The minimum atomic E-state index is -0.748. The van der Waals surface area contributed by atoms with Gasteiger partial charge in [0.25, 0.3) is 0 Å². The van der Waals surface area contributed by atoms with E-state index >= 15 is 0 Å². The highest BCUT2D eigenvalue weighted by molar-refractivity contribution is 6.03. The van der Waals surface area contributed by atoms with Gasteiger partial charge in [0.2, 0.25) is 0 Å². The zero-order valence-corrected chi connectivity index (χ0v) is 14.6. The van der Waals surface area contributed by atoms with Crippen molar-refractivity contribution in [3.63, 3.8) is 0 Å². The van der Waals surface area contributed by atoms with Crippen molar-refractivity contribution in [2.24, 2.45) is 5.41 Å². The summed E-state index contributed by atoms with van der Waals surface area (Å²) >= 11 is 0. The summed E-state index contributed by atoms with van der Waals surface area (Å²) in [4.78, 5) is 12.3. The average molecular weight is 327 g/mol. The van der Waals surface area contributed by atoms with Crippen LogP contribution in [0.15, 0.2) is 48.1 Å². The number of nitriles is 1. The maximum absolute atomic E-state index is 12.3. The van der Waals surface area contributed by atoms with Crippen LogP contribution in [0.25, 0.3) is 0 Å². The number of rotatable bonds is 4. The highest BCUT2D eigenvalue weighted by Crippen LogP contribution is 2.47. The van der Waals surface area contributed by atoms with E-state index in [9.17, 15) is 15.2 Å². The van der Waals surface area contributed by atoms with Crippen LogP contribution >= 0.6 is 0 Å². The number of aliphatic hydroxyl groups excluding tert-OH is 1. The normalized spacial score (nSPS) is 32.9. The summed E-state index contributed by atoms with van der Waals surface area (Å²) < 4.78 is 6.20. The number of hydrogen-bond acceptors (Lipinski definition) is 4. The lowest BCUT2D eigenvalue weighted by Gasteiger charge is -2.38. The van der Waals surface area contributed by atoms with E-state index in [1.165, 1.54) is 0 Å². The van der Waals surface area contributed by atoms with Gasteiger partial charge >= 0.3 is 0 Å². The third-order valence-corrected chi connectivity index (χ3v) is 4.65. The van der Waals surface area contributed by atoms with Crippen LogP contribution in [0.1, 0.15) is 40.0 Å². The lowest BCUT2D eigenvalue weighted by molar-refractivity contribution is -0.129. The lowest BCUT2D eigenvalue weighted by atomic mass is 9.69. The first kappa shape index (κ1) is 18.4. The maximum Gasteiger partial charge on any atom is 0.178 e. The molecule has 1 saturated heterocycles. The van der Waals surface area contributed by atoms with E-state index in [2.05, 4.69) is 6.58 Å². The first-order valence-electron chi connectivity index (χ1n) is 8.25. The van der Waals surface area contributed by atoms with Crippen molar-refractivity contribution in [1.82, 2.24) is 0 Å². The fraction of sp³-hybridized carbons (Fsp3) is 0.500. The summed E-state index contributed by atoms with van der Waals surface area (Å²) in [5.41, 5.74) is -0.266. The summed E-state index contributed by atoms with van der Waals surface area (Å²) in [5.74, 6) is -0.154. The summed E-state index contributed by atoms with van der Waals surface area (Å²) in [6.45, 7) is 9.30. The zero-order valence-electron chi connectivity index (χ0n) is 14.6. The Morgan fingerprint density at radius 2 is 2.29 bits per heavy atom. The molecule has 2 rings (SSSR count). The smallest absolute Gasteiger partial charge is 0.178 e. The molecular weight excluding hydrogens is 302 g/mol. The Labute approximate surface area is 143 Å². The number of allylic oxidation sites excluding steroid dienone is 5. The molecule has 0 aromatic heterocycles. The first-order valence-corrected chi connectivity index (χ1v) is 8.25. The van der Waals surface area contributed by atoms with E-state index in [4.69, 9.17) is 4.74 Å². The Kier molecular flexibility index (Phi) is 5.27. The van der Waals surface area contributed by atoms with E-state index in [1.807, 2.05) is 45.1 Å². The molecule has 1 spiro atoms. The van der Waals surface area contributed by atoms with Crippen molar-refractivity contribution >= 4 is 5.78 Å². The SMILES string of the molecule is C=C/C=C(\C=C/C)CC1OC2(C=C(C#N)C(=O)C(C)(C)C2)CC1O. The van der Waals surface area contributed by atoms with Gasteiger partial charge in [-0.3, -0.25) is 4.79 Å². The van der Waals surface area contributed by atoms with Gasteiger partial charge in [-0.2, -0.15) is 5.26 Å². The highest BCUT2D eigenvalue weighted by atomic mass is 16.5. The molecule has 0 saturated carbocycles. The van der Waals surface area contributed by atoms with Gasteiger partial charge < -0.3 is 9.84 Å². The molecule has 1 heterocycles. The molecule has 1 aliphatic heterocycles. The highest BCUT2D eigenvalue weighted by Gasteiger charge is 2.52. The lowest BCUT2D eigenvalue weighted by Crippen LogP contribution is -2.42. The van der Waals surface area contributed by atoms with Crippen molar-refractivity contribution in [3.8, 4) is 6.07 Å². The largest absolute Gasteiger partial charge is 0.390 e. The Hall–Kier alpha value is -1.96. The van der Waals surface area contributed by atoms with E-state index in [-0.39, 0.29) is 17.5 Å². The number of aliphatic hydroxyl groups is 1. The Bertz CT molecular complexity index is 663. The van der Waals surface area contributed by atoms with Crippen LogP contribution in [0.5, 0.6) is 0 Å². The number of Topliss-reactive ketones (excluding diaryl/α,β-unsaturated/α-hetero) is 1. The maximum atomic E-state index is 12.3. The molecule has 3 atom stereocenters. The zero-order chi connectivity index (χ0) is 18.0. The molecule has 0 aromatic rings. The molecule has 1 N–H and O–H groups in total. The molecule has 128 valence electrons. The second-order valence-electron chi connectivity index (χ2n) is 7.23. The molecule has 24 heavy (non-hydrogen) atoms. The topological polar surface area (TPSA) is 70.3 Å². The second-order valence-corrected chi connectivity index (χ2v) is 7.23. The van der Waals surface area contributed by atoms with Crippen molar-refractivity contribution in [2.75, 3.05) is 0 Å². The molecule has 4 heteroatoms. The third kappa shape index (κ3) is 3.58. The van der Waals surface area contributed by atoms with E-state index < -0.39 is 17.1 Å². The summed E-state index contributed by atoms with van der Waals surface area (Å²) in [7, 11) is 0. The molecule has 1 fully saturated rings. The third-order valence-electron chi connectivity index (χ3n) is 4.65. The number of carbonyl (C=O) groups excluding carboxylic acids is 1. The molecule has 3 unspecified atom stereocenters. The second kappa shape index (κ2) is 6.88. The molecule has 0 radical (unpaired) electrons. The quantitative estimate of drug-likeness (QED) is 0.803. The molecule has 0 amide bonds. The van der Waals surface area contributed by atoms with E-state index in [0.29, 0.717) is 19.3 Å². The average Bonchev–Trinajstić information content (AvgIpc) is 2.78. The number of carbonyl (C=O) groups is 1. The predicted octanol–water partition coefficient (Wildman–Crippen LogP) is 3.40. The van der Waals surface area contributed by atoms with Crippen molar-refractivity contribution in [2.45, 2.75) is 57.8 Å². The van der Waals surface area contributed by atoms with Gasteiger partial charge in [-0.15, -0.1) is 0 Å². The van der Waals surface area contributed by atoms with Crippen molar-refractivity contribution < 1.29 is 14.6 Å². The fourth-order valence-corrected chi connectivity index (χ4v) is 3.74. The summed E-state index contributed by atoms with van der Waals surface area (Å²) in [6.07, 6.45) is 9.55. The van der Waals surface area contributed by atoms with Gasteiger partial charge in [-0.05, 0) is 25.0 Å². The first-order chi connectivity index (χ1) is 11.3. The van der Waals surface area contributed by atoms with Gasteiger partial charge in [0.05, 0.1) is 23.4 Å². The number of ether oxygens (including phenoxy) is 1. The summed E-state index contributed by atoms with van der Waals surface area (Å²) in [6, 6.07) is 1.99. The number of ketones is 1. The van der Waals surface area contributed by atoms with Gasteiger partial charge in [0.15, 0.2) is 5.78 Å². The minimum absolute atomic E-state index is 0.134. The molecular formula is C20H25NO3. The Morgan fingerprint density at radius 3 is 2.88 bits per heavy atom. The number of nitrogens with zero attached hydrogens (tertiary/aromatic N) is 1. The standard InChI is InChI=1S/C20H25NO3/c1-5-7-14(8-6-2)9-17-16(22)11-20(24-17)10-15(12-21)18(23)19(3,4)13-20/h5-8,10,16-17,22H,1,9,11,13H2,2-4H3/b8-6-,14-7+. The minimum Gasteiger partial charge on any atom is -0.390 e. The van der Waals surface area contributed by atoms with Crippen LogP contribution in [-0.4, -0.2) is 28.7 Å². The van der Waals surface area contributed by atoms with Gasteiger partial charge in [0.1, 0.15) is 6.07 Å². The van der Waals surface area contributed by atoms with E-state index in [1.54, 1.807) is 12.2 Å². The van der Waals surface area contributed by atoms with Crippen LogP contribution < -0.4 is 0 Å². The monoisotopic (exact) mass is 327 g/mol.